The van der Waals surface area contributed by atoms with Gasteiger partial charge in [0.1, 0.15) is 5.69 Å². The van der Waals surface area contributed by atoms with E-state index in [9.17, 15) is 10.1 Å². The zero-order chi connectivity index (χ0) is 12.1. The Balaban J connectivity index is 3.02. The van der Waals surface area contributed by atoms with Gasteiger partial charge in [-0.25, -0.2) is 0 Å². The van der Waals surface area contributed by atoms with Gasteiger partial charge in [0.15, 0.2) is 5.75 Å². The topological polar surface area (TPSA) is 64.4 Å². The Bertz CT molecular complexity index is 377. The Morgan fingerprint density at radius 1 is 1.50 bits per heavy atom. The second kappa shape index (κ2) is 5.34. The predicted octanol–water partition coefficient (Wildman–Crippen LogP) is 2.67. The fourth-order valence-corrected chi connectivity index (χ4v) is 1.33. The van der Waals surface area contributed by atoms with Crippen LogP contribution >= 0.6 is 0 Å². The van der Waals surface area contributed by atoms with Crippen molar-refractivity contribution in [2.75, 3.05) is 19.0 Å². The van der Waals surface area contributed by atoms with Gasteiger partial charge in [-0.2, -0.15) is 0 Å². The fourth-order valence-electron chi connectivity index (χ4n) is 1.33. The standard InChI is InChI=1S/C11H16N2O3/c1-8(2)7-12-9-5-4-6-10(16-3)11(9)13(14)15/h4-6,8,12H,7H2,1-3H3. The summed E-state index contributed by atoms with van der Waals surface area (Å²) in [6, 6.07) is 5.00. The normalized spacial score (nSPS) is 10.2. The zero-order valence-corrected chi connectivity index (χ0v) is 9.69. The molecule has 0 fully saturated rings. The van der Waals surface area contributed by atoms with Crippen molar-refractivity contribution in [3.05, 3.63) is 28.3 Å². The van der Waals surface area contributed by atoms with Gasteiger partial charge in [0.25, 0.3) is 0 Å². The SMILES string of the molecule is COc1cccc(NCC(C)C)c1[N+](=O)[O-]. The van der Waals surface area contributed by atoms with Crippen LogP contribution in [0.5, 0.6) is 5.75 Å². The number of rotatable bonds is 5. The molecule has 88 valence electrons. The highest BCUT2D eigenvalue weighted by molar-refractivity contribution is 5.68. The molecule has 0 saturated heterocycles. The van der Waals surface area contributed by atoms with E-state index in [1.165, 1.54) is 7.11 Å². The van der Waals surface area contributed by atoms with E-state index in [1.807, 2.05) is 13.8 Å². The van der Waals surface area contributed by atoms with E-state index < -0.39 is 4.92 Å². The van der Waals surface area contributed by atoms with Crippen LogP contribution in [-0.2, 0) is 0 Å². The van der Waals surface area contributed by atoms with Crippen molar-refractivity contribution < 1.29 is 9.66 Å². The smallest absolute Gasteiger partial charge is 0.333 e. The molecule has 0 saturated carbocycles. The number of nitrogens with one attached hydrogen (secondary N) is 1. The first-order valence-corrected chi connectivity index (χ1v) is 5.11. The summed E-state index contributed by atoms with van der Waals surface area (Å²) in [6.07, 6.45) is 0. The van der Waals surface area contributed by atoms with Crippen LogP contribution in [0.4, 0.5) is 11.4 Å². The highest BCUT2D eigenvalue weighted by atomic mass is 16.6. The van der Waals surface area contributed by atoms with Crippen LogP contribution in [0.1, 0.15) is 13.8 Å². The molecule has 0 amide bonds. The average Bonchev–Trinajstić information content (AvgIpc) is 2.25. The summed E-state index contributed by atoms with van der Waals surface area (Å²) in [6.45, 7) is 4.77. The average molecular weight is 224 g/mol. The van der Waals surface area contributed by atoms with Crippen LogP contribution < -0.4 is 10.1 Å². The number of methoxy groups -OCH3 is 1. The molecular weight excluding hydrogens is 208 g/mol. The molecule has 5 heteroatoms. The van der Waals surface area contributed by atoms with E-state index in [1.54, 1.807) is 18.2 Å². The molecule has 1 N–H and O–H groups in total. The van der Waals surface area contributed by atoms with Gasteiger partial charge in [-0.1, -0.05) is 19.9 Å². The number of para-hydroxylation sites is 1. The maximum absolute atomic E-state index is 10.9. The second-order valence-electron chi connectivity index (χ2n) is 3.89. The molecule has 0 aliphatic rings. The summed E-state index contributed by atoms with van der Waals surface area (Å²) in [4.78, 5) is 10.5. The molecule has 1 rings (SSSR count). The number of hydrogen-bond acceptors (Lipinski definition) is 4. The van der Waals surface area contributed by atoms with Crippen LogP contribution in [-0.4, -0.2) is 18.6 Å². The largest absolute Gasteiger partial charge is 0.490 e. The molecule has 0 radical (unpaired) electrons. The van der Waals surface area contributed by atoms with Crippen molar-refractivity contribution in [2.24, 2.45) is 5.92 Å². The van der Waals surface area contributed by atoms with Crippen LogP contribution in [0.15, 0.2) is 18.2 Å². The Morgan fingerprint density at radius 2 is 2.19 bits per heavy atom. The quantitative estimate of drug-likeness (QED) is 0.617. The Hall–Kier alpha value is -1.78. The molecule has 1 aromatic rings. The molecule has 16 heavy (non-hydrogen) atoms. The molecule has 0 unspecified atom stereocenters. The van der Waals surface area contributed by atoms with Crippen molar-refractivity contribution in [1.82, 2.24) is 0 Å². The van der Waals surface area contributed by atoms with Crippen LogP contribution in [0.2, 0.25) is 0 Å². The van der Waals surface area contributed by atoms with Crippen molar-refractivity contribution in [3.8, 4) is 5.75 Å². The second-order valence-corrected chi connectivity index (χ2v) is 3.89. The van der Waals surface area contributed by atoms with Crippen molar-refractivity contribution in [1.29, 1.82) is 0 Å². The van der Waals surface area contributed by atoms with E-state index in [4.69, 9.17) is 4.74 Å². The molecular formula is C11H16N2O3. The highest BCUT2D eigenvalue weighted by Crippen LogP contribution is 2.34. The molecule has 1 aromatic carbocycles. The minimum Gasteiger partial charge on any atom is -0.490 e. The minimum absolute atomic E-state index is 0.00866. The van der Waals surface area contributed by atoms with Gasteiger partial charge in [-0.3, -0.25) is 10.1 Å². The van der Waals surface area contributed by atoms with Crippen LogP contribution in [0.3, 0.4) is 0 Å². The van der Waals surface area contributed by atoms with Gasteiger partial charge in [-0.05, 0) is 18.1 Å². The van der Waals surface area contributed by atoms with E-state index in [-0.39, 0.29) is 11.4 Å². The van der Waals surface area contributed by atoms with Gasteiger partial charge >= 0.3 is 5.69 Å². The number of nitro groups is 1. The summed E-state index contributed by atoms with van der Waals surface area (Å²) in [5, 5.41) is 14.0. The third-order valence-corrected chi connectivity index (χ3v) is 2.10. The lowest BCUT2D eigenvalue weighted by Crippen LogP contribution is -2.09. The molecule has 5 nitrogen and oxygen atoms in total. The molecule has 0 heterocycles. The maximum Gasteiger partial charge on any atom is 0.333 e. The number of nitro benzene ring substituents is 1. The van der Waals surface area contributed by atoms with Crippen molar-refractivity contribution in [2.45, 2.75) is 13.8 Å². The molecule has 0 aliphatic carbocycles. The maximum atomic E-state index is 10.9. The summed E-state index contributed by atoms with van der Waals surface area (Å²) in [5.74, 6) is 0.699. The minimum atomic E-state index is -0.429. The van der Waals surface area contributed by atoms with Crippen molar-refractivity contribution in [3.63, 3.8) is 0 Å². The summed E-state index contributed by atoms with van der Waals surface area (Å²) in [7, 11) is 1.43. The molecule has 0 atom stereocenters. The van der Waals surface area contributed by atoms with Crippen LogP contribution in [0, 0.1) is 16.0 Å². The van der Waals surface area contributed by atoms with E-state index in [0.717, 1.165) is 0 Å². The third kappa shape index (κ3) is 2.85. The Labute approximate surface area is 94.6 Å². The molecule has 0 aromatic heterocycles. The van der Waals surface area contributed by atoms with Gasteiger partial charge in [0, 0.05) is 6.54 Å². The Morgan fingerprint density at radius 3 is 2.69 bits per heavy atom. The number of ether oxygens (including phenoxy) is 1. The molecule has 0 spiro atoms. The van der Waals surface area contributed by atoms with E-state index in [2.05, 4.69) is 5.32 Å². The van der Waals surface area contributed by atoms with E-state index >= 15 is 0 Å². The Kier molecular flexibility index (Phi) is 4.10. The van der Waals surface area contributed by atoms with Crippen molar-refractivity contribution >= 4 is 11.4 Å². The first-order valence-electron chi connectivity index (χ1n) is 5.11. The monoisotopic (exact) mass is 224 g/mol. The highest BCUT2D eigenvalue weighted by Gasteiger charge is 2.20. The third-order valence-electron chi connectivity index (χ3n) is 2.10. The van der Waals surface area contributed by atoms with Crippen LogP contribution in [0.25, 0.3) is 0 Å². The number of benzene rings is 1. The predicted molar refractivity (Wildman–Crippen MR) is 63.0 cm³/mol. The summed E-state index contributed by atoms with van der Waals surface area (Å²) in [5.41, 5.74) is 0.490. The van der Waals surface area contributed by atoms with Gasteiger partial charge in [0.2, 0.25) is 0 Å². The van der Waals surface area contributed by atoms with Gasteiger partial charge < -0.3 is 10.1 Å². The number of anilines is 1. The number of nitrogens with zero attached hydrogens (tertiary/aromatic N) is 1. The lowest BCUT2D eigenvalue weighted by atomic mass is 10.2. The first-order chi connectivity index (χ1) is 7.56. The number of hydrogen-bond donors (Lipinski definition) is 1. The van der Waals surface area contributed by atoms with Gasteiger partial charge in [0.05, 0.1) is 12.0 Å². The van der Waals surface area contributed by atoms with E-state index in [0.29, 0.717) is 18.2 Å². The lowest BCUT2D eigenvalue weighted by Gasteiger charge is -2.10. The molecule has 0 bridgehead atoms. The molecule has 0 aliphatic heterocycles. The summed E-state index contributed by atoms with van der Waals surface area (Å²) >= 11 is 0. The first kappa shape index (κ1) is 12.3. The van der Waals surface area contributed by atoms with Gasteiger partial charge in [-0.15, -0.1) is 0 Å². The zero-order valence-electron chi connectivity index (χ0n) is 9.69. The summed E-state index contributed by atoms with van der Waals surface area (Å²) < 4.78 is 4.97. The fraction of sp³-hybridized carbons (Fsp3) is 0.455. The lowest BCUT2D eigenvalue weighted by molar-refractivity contribution is -0.384.